The number of fused-ring (bicyclic) bond motifs is 1. The molecule has 4 rings (SSSR count). The van der Waals surface area contributed by atoms with Crippen LogP contribution < -0.4 is 9.04 Å². The lowest BCUT2D eigenvalue weighted by atomic mass is 10.1. The smallest absolute Gasteiger partial charge is 0.434 e. The molecule has 180 valence electrons. The van der Waals surface area contributed by atoms with Crippen LogP contribution >= 0.6 is 0 Å². The van der Waals surface area contributed by atoms with Crippen molar-refractivity contribution < 1.29 is 31.9 Å². The second-order valence-electron chi connectivity index (χ2n) is 7.65. The third-order valence-corrected chi connectivity index (χ3v) is 7.16. The lowest BCUT2D eigenvalue weighted by Crippen LogP contribution is -2.39. The molecule has 0 unspecified atom stereocenters. The number of carbonyl (C=O) groups excluding carboxylic acids is 2. The van der Waals surface area contributed by atoms with Crippen LogP contribution in [0.5, 0.6) is 5.75 Å². The highest BCUT2D eigenvalue weighted by atomic mass is 32.2. The highest BCUT2D eigenvalue weighted by Gasteiger charge is 2.34. The van der Waals surface area contributed by atoms with Crippen LogP contribution in [0, 0.1) is 6.92 Å². The number of ether oxygens (including phenoxy) is 2. The maximum Gasteiger partial charge on any atom is 0.434 e. The molecule has 0 spiro atoms. The number of anilines is 1. The first-order valence-corrected chi connectivity index (χ1v) is 12.2. The minimum absolute atomic E-state index is 0.0241. The van der Waals surface area contributed by atoms with Gasteiger partial charge in [-0.2, -0.15) is 4.31 Å². The van der Waals surface area contributed by atoms with Gasteiger partial charge < -0.3 is 13.9 Å². The normalized spacial score (nSPS) is 11.3. The SMILES string of the molecule is CCc1ccc(S(=O)(=O)N(C(=O)Oc2ccccc2)c2ccc3oc(C)c(C(=O)OC)c3c2)cc1. The van der Waals surface area contributed by atoms with E-state index in [0.717, 1.165) is 12.0 Å². The van der Waals surface area contributed by atoms with Crippen molar-refractivity contribution in [1.29, 1.82) is 0 Å². The van der Waals surface area contributed by atoms with Gasteiger partial charge in [0.1, 0.15) is 22.7 Å². The number of methoxy groups -OCH3 is 1. The zero-order valence-electron chi connectivity index (χ0n) is 19.3. The van der Waals surface area contributed by atoms with Gasteiger partial charge >= 0.3 is 12.1 Å². The molecule has 1 heterocycles. The molecule has 1 aromatic heterocycles. The molecule has 0 aliphatic carbocycles. The van der Waals surface area contributed by atoms with Crippen molar-refractivity contribution in [3.05, 3.63) is 89.7 Å². The number of rotatable bonds is 6. The number of hydrogen-bond donors (Lipinski definition) is 0. The summed E-state index contributed by atoms with van der Waals surface area (Å²) < 4.78 is 43.8. The topological polar surface area (TPSA) is 103 Å². The first-order valence-electron chi connectivity index (χ1n) is 10.8. The zero-order valence-corrected chi connectivity index (χ0v) is 20.2. The molecule has 0 radical (unpaired) electrons. The Kier molecular flexibility index (Phi) is 6.61. The first-order chi connectivity index (χ1) is 16.8. The number of para-hydroxylation sites is 1. The molecule has 1 amide bonds. The molecule has 0 saturated carbocycles. The molecule has 0 fully saturated rings. The van der Waals surface area contributed by atoms with Gasteiger partial charge in [-0.05, 0) is 61.4 Å². The molecule has 3 aromatic carbocycles. The Bertz CT molecular complexity index is 1490. The van der Waals surface area contributed by atoms with Crippen LogP contribution in [0.1, 0.15) is 28.6 Å². The van der Waals surface area contributed by atoms with Crippen molar-refractivity contribution >= 4 is 38.7 Å². The number of furan rings is 1. The van der Waals surface area contributed by atoms with Crippen molar-refractivity contribution in [2.24, 2.45) is 0 Å². The largest absolute Gasteiger partial charge is 0.465 e. The molecule has 0 saturated heterocycles. The van der Waals surface area contributed by atoms with E-state index in [1.54, 1.807) is 37.3 Å². The molecular formula is C26H23NO7S. The van der Waals surface area contributed by atoms with E-state index in [9.17, 15) is 18.0 Å². The van der Waals surface area contributed by atoms with Gasteiger partial charge in [0.15, 0.2) is 0 Å². The molecule has 0 N–H and O–H groups in total. The van der Waals surface area contributed by atoms with Crippen LogP contribution in [-0.2, 0) is 21.2 Å². The van der Waals surface area contributed by atoms with E-state index in [1.165, 1.54) is 49.6 Å². The summed E-state index contributed by atoms with van der Waals surface area (Å²) in [7, 11) is -3.15. The van der Waals surface area contributed by atoms with Gasteiger partial charge in [-0.25, -0.2) is 18.0 Å². The number of amides is 1. The van der Waals surface area contributed by atoms with E-state index in [4.69, 9.17) is 13.9 Å². The van der Waals surface area contributed by atoms with Crippen molar-refractivity contribution in [3.63, 3.8) is 0 Å². The minimum Gasteiger partial charge on any atom is -0.465 e. The van der Waals surface area contributed by atoms with Crippen LogP contribution in [0.2, 0.25) is 0 Å². The van der Waals surface area contributed by atoms with Crippen molar-refractivity contribution in [2.45, 2.75) is 25.2 Å². The zero-order chi connectivity index (χ0) is 25.2. The summed E-state index contributed by atoms with van der Waals surface area (Å²) in [6.45, 7) is 3.55. The molecule has 35 heavy (non-hydrogen) atoms. The van der Waals surface area contributed by atoms with Gasteiger partial charge in [-0.3, -0.25) is 0 Å². The number of nitrogens with zero attached hydrogens (tertiary/aromatic N) is 1. The van der Waals surface area contributed by atoms with Crippen LogP contribution in [0.4, 0.5) is 10.5 Å². The Labute approximate surface area is 202 Å². The van der Waals surface area contributed by atoms with E-state index in [0.29, 0.717) is 21.0 Å². The number of esters is 1. The molecule has 8 nitrogen and oxygen atoms in total. The Morgan fingerprint density at radius 1 is 0.971 bits per heavy atom. The van der Waals surface area contributed by atoms with Crippen LogP contribution in [0.25, 0.3) is 11.0 Å². The van der Waals surface area contributed by atoms with Gasteiger partial charge in [0.05, 0.1) is 17.7 Å². The predicted molar refractivity (Wildman–Crippen MR) is 130 cm³/mol. The fraction of sp³-hybridized carbons (Fsp3) is 0.154. The van der Waals surface area contributed by atoms with Gasteiger partial charge in [-0.15, -0.1) is 0 Å². The second-order valence-corrected chi connectivity index (χ2v) is 9.44. The van der Waals surface area contributed by atoms with Gasteiger partial charge in [0.25, 0.3) is 10.0 Å². The summed E-state index contributed by atoms with van der Waals surface area (Å²) in [5.41, 5.74) is 1.41. The molecular weight excluding hydrogens is 470 g/mol. The lowest BCUT2D eigenvalue weighted by Gasteiger charge is -2.22. The molecule has 0 bridgehead atoms. The number of sulfonamides is 1. The lowest BCUT2D eigenvalue weighted by molar-refractivity contribution is 0.0600. The third-order valence-electron chi connectivity index (χ3n) is 5.46. The molecule has 0 atom stereocenters. The van der Waals surface area contributed by atoms with Crippen molar-refractivity contribution in [1.82, 2.24) is 0 Å². The standard InChI is InChI=1S/C26H23NO7S/c1-4-18-10-13-21(14-11-18)35(30,31)27(26(29)34-20-8-6-5-7-9-20)19-12-15-23-22(16-19)24(17(2)33-23)25(28)32-3/h5-16H,4H2,1-3H3. The summed E-state index contributed by atoms with van der Waals surface area (Å²) in [6.07, 6.45) is -0.401. The fourth-order valence-corrected chi connectivity index (χ4v) is 4.98. The van der Waals surface area contributed by atoms with Crippen LogP contribution in [0.3, 0.4) is 0 Å². The highest BCUT2D eigenvalue weighted by Crippen LogP contribution is 2.33. The summed E-state index contributed by atoms with van der Waals surface area (Å²) in [5, 5.41) is 0.306. The maximum absolute atomic E-state index is 13.7. The summed E-state index contributed by atoms with van der Waals surface area (Å²) in [4.78, 5) is 25.5. The third kappa shape index (κ3) is 4.63. The van der Waals surface area contributed by atoms with Crippen molar-refractivity contribution in [3.8, 4) is 5.75 Å². The van der Waals surface area contributed by atoms with Gasteiger partial charge in [-0.1, -0.05) is 37.3 Å². The fourth-order valence-electron chi connectivity index (χ4n) is 3.67. The van der Waals surface area contributed by atoms with E-state index in [2.05, 4.69) is 0 Å². The highest BCUT2D eigenvalue weighted by molar-refractivity contribution is 7.93. The molecule has 0 aliphatic rings. The van der Waals surface area contributed by atoms with E-state index < -0.39 is 22.1 Å². The summed E-state index contributed by atoms with van der Waals surface area (Å²) in [5.74, 6) is -0.162. The quantitative estimate of drug-likeness (QED) is 0.327. The first kappa shape index (κ1) is 24.0. The maximum atomic E-state index is 13.7. The average molecular weight is 494 g/mol. The Morgan fingerprint density at radius 3 is 2.29 bits per heavy atom. The van der Waals surface area contributed by atoms with E-state index in [-0.39, 0.29) is 21.9 Å². The average Bonchev–Trinajstić information content (AvgIpc) is 3.19. The van der Waals surface area contributed by atoms with Crippen molar-refractivity contribution in [2.75, 3.05) is 11.4 Å². The van der Waals surface area contributed by atoms with E-state index >= 15 is 0 Å². The molecule has 0 aliphatic heterocycles. The monoisotopic (exact) mass is 493 g/mol. The van der Waals surface area contributed by atoms with Gasteiger partial charge in [0.2, 0.25) is 0 Å². The Hall–Kier alpha value is -4.11. The van der Waals surface area contributed by atoms with Crippen LogP contribution in [-0.4, -0.2) is 27.6 Å². The Morgan fingerprint density at radius 2 is 1.66 bits per heavy atom. The summed E-state index contributed by atoms with van der Waals surface area (Å²) >= 11 is 0. The van der Waals surface area contributed by atoms with E-state index in [1.807, 2.05) is 6.92 Å². The number of aryl methyl sites for hydroxylation is 2. The molecule has 9 heteroatoms. The number of carbonyl (C=O) groups is 2. The number of benzene rings is 3. The summed E-state index contributed by atoms with van der Waals surface area (Å²) in [6, 6.07) is 18.7. The van der Waals surface area contributed by atoms with Crippen LogP contribution in [0.15, 0.2) is 82.1 Å². The van der Waals surface area contributed by atoms with Gasteiger partial charge in [0, 0.05) is 5.39 Å². The predicted octanol–water partition coefficient (Wildman–Crippen LogP) is 5.48. The Balaban J connectivity index is 1.87. The number of hydrogen-bond acceptors (Lipinski definition) is 7. The minimum atomic E-state index is -4.39. The second kappa shape index (κ2) is 9.63. The molecule has 4 aromatic rings.